The Morgan fingerprint density at radius 3 is 2.52 bits per heavy atom. The maximum Gasteiger partial charge on any atom is 0.264 e. The van der Waals surface area contributed by atoms with Crippen LogP contribution >= 0.6 is 22.6 Å². The van der Waals surface area contributed by atoms with Crippen LogP contribution in [0.4, 0.5) is 5.69 Å². The van der Waals surface area contributed by atoms with Crippen LogP contribution in [0.1, 0.15) is 30.0 Å². The maximum absolute atomic E-state index is 13.4. The molecule has 6 nitrogen and oxygen atoms in total. The molecule has 0 radical (unpaired) electrons. The first-order chi connectivity index (χ1) is 15.9. The van der Waals surface area contributed by atoms with Crippen molar-refractivity contribution in [2.75, 3.05) is 18.0 Å². The number of fused-ring (bicyclic) bond motifs is 1. The Morgan fingerprint density at radius 1 is 1.09 bits per heavy atom. The molecule has 1 aliphatic rings. The van der Waals surface area contributed by atoms with Crippen LogP contribution in [0.2, 0.25) is 0 Å². The molecule has 0 heterocycles. The number of carbonyl (C=O) groups excluding carboxylic acids is 1. The predicted octanol–water partition coefficient (Wildman–Crippen LogP) is 4.69. The molecular formula is C25H25IN2O4S. The highest BCUT2D eigenvalue weighted by atomic mass is 127. The number of hydrogen-bond donors (Lipinski definition) is 1. The summed E-state index contributed by atoms with van der Waals surface area (Å²) in [6.45, 7) is -0.306. The first-order valence-electron chi connectivity index (χ1n) is 10.7. The molecule has 1 aliphatic carbocycles. The number of carbonyl (C=O) groups is 1. The molecule has 1 atom stereocenters. The highest BCUT2D eigenvalue weighted by Crippen LogP contribution is 2.32. The van der Waals surface area contributed by atoms with Crippen molar-refractivity contribution >= 4 is 44.2 Å². The van der Waals surface area contributed by atoms with Crippen molar-refractivity contribution in [2.24, 2.45) is 0 Å². The summed E-state index contributed by atoms with van der Waals surface area (Å²) >= 11 is 2.16. The topological polar surface area (TPSA) is 75.7 Å². The summed E-state index contributed by atoms with van der Waals surface area (Å²) < 4.78 is 34.4. The number of aryl methyl sites for hydroxylation is 1. The van der Waals surface area contributed by atoms with Crippen LogP contribution in [-0.4, -0.2) is 28.0 Å². The molecule has 1 N–H and O–H groups in total. The summed E-state index contributed by atoms with van der Waals surface area (Å²) in [4.78, 5) is 13.3. The second-order valence-electron chi connectivity index (χ2n) is 7.88. The van der Waals surface area contributed by atoms with Gasteiger partial charge < -0.3 is 10.1 Å². The highest BCUT2D eigenvalue weighted by Gasteiger charge is 2.29. The van der Waals surface area contributed by atoms with E-state index in [1.54, 1.807) is 37.4 Å². The minimum absolute atomic E-state index is 0.145. The summed E-state index contributed by atoms with van der Waals surface area (Å²) in [6.07, 6.45) is 2.67. The number of sulfonamides is 1. The average molecular weight is 576 g/mol. The van der Waals surface area contributed by atoms with E-state index < -0.39 is 10.0 Å². The molecule has 0 fully saturated rings. The van der Waals surface area contributed by atoms with Gasteiger partial charge in [-0.05, 0) is 102 Å². The van der Waals surface area contributed by atoms with Crippen molar-refractivity contribution < 1.29 is 17.9 Å². The van der Waals surface area contributed by atoms with Gasteiger partial charge in [-0.25, -0.2) is 8.42 Å². The molecule has 8 heteroatoms. The number of anilines is 1. The Labute approximate surface area is 208 Å². The lowest BCUT2D eigenvalue weighted by Crippen LogP contribution is -2.42. The molecule has 4 rings (SSSR count). The van der Waals surface area contributed by atoms with Gasteiger partial charge in [-0.2, -0.15) is 0 Å². The monoisotopic (exact) mass is 576 g/mol. The summed E-state index contributed by atoms with van der Waals surface area (Å²) in [5, 5.41) is 3.06. The van der Waals surface area contributed by atoms with E-state index in [4.69, 9.17) is 4.74 Å². The van der Waals surface area contributed by atoms with Crippen molar-refractivity contribution in [3.63, 3.8) is 0 Å². The highest BCUT2D eigenvalue weighted by molar-refractivity contribution is 14.1. The molecule has 0 aromatic heterocycles. The second kappa shape index (κ2) is 10.1. The van der Waals surface area contributed by atoms with Crippen LogP contribution < -0.4 is 14.4 Å². The van der Waals surface area contributed by atoms with Crippen LogP contribution in [0.25, 0.3) is 0 Å². The minimum atomic E-state index is -3.92. The maximum atomic E-state index is 13.4. The van der Waals surface area contributed by atoms with E-state index in [0.717, 1.165) is 39.7 Å². The van der Waals surface area contributed by atoms with Gasteiger partial charge >= 0.3 is 0 Å². The van der Waals surface area contributed by atoms with Crippen LogP contribution in [0, 0.1) is 3.57 Å². The van der Waals surface area contributed by atoms with Gasteiger partial charge in [-0.15, -0.1) is 0 Å². The van der Waals surface area contributed by atoms with E-state index in [0.29, 0.717) is 5.69 Å². The number of benzene rings is 3. The number of ether oxygens (including phenoxy) is 1. The summed E-state index contributed by atoms with van der Waals surface area (Å²) in [5.74, 6) is 0.446. The van der Waals surface area contributed by atoms with Crippen molar-refractivity contribution in [1.82, 2.24) is 5.32 Å². The fraction of sp³-hybridized carbons (Fsp3) is 0.240. The molecule has 172 valence electrons. The molecule has 0 spiro atoms. The predicted molar refractivity (Wildman–Crippen MR) is 137 cm³/mol. The lowest BCUT2D eigenvalue weighted by molar-refractivity contribution is -0.120. The molecule has 3 aromatic carbocycles. The zero-order valence-electron chi connectivity index (χ0n) is 18.2. The van der Waals surface area contributed by atoms with Gasteiger partial charge in [0.25, 0.3) is 10.0 Å². The van der Waals surface area contributed by atoms with Crippen LogP contribution in [0.15, 0.2) is 77.7 Å². The third-order valence-corrected chi connectivity index (χ3v) is 8.24. The van der Waals surface area contributed by atoms with Crippen molar-refractivity contribution in [2.45, 2.75) is 30.2 Å². The number of nitrogens with zero attached hydrogens (tertiary/aromatic N) is 1. The van der Waals surface area contributed by atoms with Crippen molar-refractivity contribution in [1.29, 1.82) is 0 Å². The fourth-order valence-corrected chi connectivity index (χ4v) is 5.88. The van der Waals surface area contributed by atoms with Crippen LogP contribution in [-0.2, 0) is 21.2 Å². The van der Waals surface area contributed by atoms with E-state index in [1.807, 2.05) is 30.3 Å². The summed E-state index contributed by atoms with van der Waals surface area (Å²) in [6, 6.07) is 21.0. The SMILES string of the molecule is COc1ccc2c(c1)CCCC2NC(=O)CN(c1ccc(I)cc1)S(=O)(=O)c1ccccc1. The molecule has 0 bridgehead atoms. The molecule has 1 amide bonds. The Balaban J connectivity index is 1.60. The van der Waals surface area contributed by atoms with Crippen molar-refractivity contribution in [3.8, 4) is 5.75 Å². The van der Waals surface area contributed by atoms with Gasteiger partial charge in [0.2, 0.25) is 5.91 Å². The van der Waals surface area contributed by atoms with Gasteiger partial charge in [-0.3, -0.25) is 9.10 Å². The zero-order valence-corrected chi connectivity index (χ0v) is 21.2. The number of nitrogens with one attached hydrogen (secondary N) is 1. The van der Waals surface area contributed by atoms with Gasteiger partial charge in [0.15, 0.2) is 0 Å². The third kappa shape index (κ3) is 5.33. The van der Waals surface area contributed by atoms with Crippen molar-refractivity contribution in [3.05, 3.63) is 87.5 Å². The van der Waals surface area contributed by atoms with E-state index >= 15 is 0 Å². The van der Waals surface area contributed by atoms with Gasteiger partial charge in [0.1, 0.15) is 12.3 Å². The average Bonchev–Trinajstić information content (AvgIpc) is 2.83. The Hall–Kier alpha value is -2.59. The lowest BCUT2D eigenvalue weighted by Gasteiger charge is -2.29. The largest absolute Gasteiger partial charge is 0.497 e. The first-order valence-corrected chi connectivity index (χ1v) is 13.2. The zero-order chi connectivity index (χ0) is 23.4. The quantitative estimate of drug-likeness (QED) is 0.415. The number of methoxy groups -OCH3 is 1. The van der Waals surface area contributed by atoms with Gasteiger partial charge in [-0.1, -0.05) is 24.3 Å². The standard InChI is InChI=1S/C25H25IN2O4S/c1-32-21-14-15-23-18(16-21)6-5-9-24(23)27-25(29)17-28(20-12-10-19(26)11-13-20)33(30,31)22-7-3-2-4-8-22/h2-4,7-8,10-16,24H,5-6,9,17H2,1H3,(H,27,29). The molecule has 1 unspecified atom stereocenters. The molecular weight excluding hydrogens is 551 g/mol. The van der Waals surface area contributed by atoms with Gasteiger partial charge in [0, 0.05) is 3.57 Å². The third-order valence-electron chi connectivity index (χ3n) is 5.73. The fourth-order valence-electron chi connectivity index (χ4n) is 4.08. The normalized spacial score (nSPS) is 15.4. The van der Waals surface area contributed by atoms with E-state index in [1.165, 1.54) is 16.4 Å². The Morgan fingerprint density at radius 2 is 1.82 bits per heavy atom. The lowest BCUT2D eigenvalue weighted by atomic mass is 9.87. The van der Waals surface area contributed by atoms with Gasteiger partial charge in [0.05, 0.1) is 23.7 Å². The number of halogens is 1. The number of amides is 1. The van der Waals surface area contributed by atoms with E-state index in [-0.39, 0.29) is 23.4 Å². The Kier molecular flexibility index (Phi) is 7.23. The molecule has 0 saturated heterocycles. The smallest absolute Gasteiger partial charge is 0.264 e. The molecule has 0 aliphatic heterocycles. The number of rotatable bonds is 7. The summed E-state index contributed by atoms with van der Waals surface area (Å²) in [5.41, 5.74) is 2.66. The second-order valence-corrected chi connectivity index (χ2v) is 11.0. The number of hydrogen-bond acceptors (Lipinski definition) is 4. The van der Waals surface area contributed by atoms with Crippen LogP contribution in [0.5, 0.6) is 5.75 Å². The summed E-state index contributed by atoms with van der Waals surface area (Å²) in [7, 11) is -2.28. The minimum Gasteiger partial charge on any atom is -0.497 e. The molecule has 3 aromatic rings. The molecule has 33 heavy (non-hydrogen) atoms. The van der Waals surface area contributed by atoms with E-state index in [2.05, 4.69) is 27.9 Å². The van der Waals surface area contributed by atoms with Crippen LogP contribution in [0.3, 0.4) is 0 Å². The Bertz CT molecular complexity index is 1230. The van der Waals surface area contributed by atoms with E-state index in [9.17, 15) is 13.2 Å². The first kappa shape index (κ1) is 23.6. The molecule has 0 saturated carbocycles.